The predicted octanol–water partition coefficient (Wildman–Crippen LogP) is 4.01. The van der Waals surface area contributed by atoms with Crippen molar-refractivity contribution in [2.75, 3.05) is 25.9 Å². The van der Waals surface area contributed by atoms with Crippen LogP contribution >= 0.6 is 22.7 Å². The molecule has 11 heteroatoms. The van der Waals surface area contributed by atoms with Gasteiger partial charge in [0.1, 0.15) is 11.4 Å². The Hall–Kier alpha value is -3.80. The van der Waals surface area contributed by atoms with Crippen LogP contribution in [0, 0.1) is 0 Å². The quantitative estimate of drug-likeness (QED) is 0.297. The van der Waals surface area contributed by atoms with Gasteiger partial charge in [0.2, 0.25) is 0 Å². The molecule has 1 aromatic carbocycles. The standard InChI is InChI=1S/C27H27N7O2S2/c1-33-10-6-18(7-11-33)30-26(36)23-22(17-8-12-37-15-17)32-24-19(3-2-9-34(23)24)25(35)29-14-16-4-5-20-21(13-16)38-27(28)31-20/h2-5,8-9,12-13,15,18H,6-7,10-11,14H2,1H3,(H2,28,31)(H,29,35)(H,30,36). The highest BCUT2D eigenvalue weighted by Gasteiger charge is 2.26. The molecule has 1 aliphatic heterocycles. The first-order valence-corrected chi connectivity index (χ1v) is 14.2. The molecule has 194 valence electrons. The molecule has 5 heterocycles. The van der Waals surface area contributed by atoms with Gasteiger partial charge in [-0.1, -0.05) is 17.4 Å². The Morgan fingerprint density at radius 1 is 1.13 bits per heavy atom. The number of carbonyl (C=O) groups excluding carboxylic acids is 2. The van der Waals surface area contributed by atoms with Crippen molar-refractivity contribution in [3.8, 4) is 11.3 Å². The van der Waals surface area contributed by atoms with Crippen molar-refractivity contribution in [3.05, 3.63) is 70.2 Å². The van der Waals surface area contributed by atoms with Gasteiger partial charge in [-0.25, -0.2) is 9.97 Å². The molecule has 9 nitrogen and oxygen atoms in total. The Morgan fingerprint density at radius 2 is 1.97 bits per heavy atom. The number of rotatable bonds is 6. The van der Waals surface area contributed by atoms with E-state index in [0.717, 1.165) is 47.3 Å². The number of imidazole rings is 1. The fourth-order valence-corrected chi connectivity index (χ4v) is 6.28. The molecule has 0 saturated carbocycles. The second-order valence-corrected chi connectivity index (χ2v) is 11.4. The number of nitrogen functional groups attached to an aromatic ring is 1. The maximum atomic E-state index is 13.6. The van der Waals surface area contributed by atoms with Crippen molar-refractivity contribution < 1.29 is 9.59 Å². The van der Waals surface area contributed by atoms with Crippen LogP contribution in [0.15, 0.2) is 53.4 Å². The summed E-state index contributed by atoms with van der Waals surface area (Å²) in [5.41, 5.74) is 10.3. The minimum atomic E-state index is -0.261. The number of piperidine rings is 1. The minimum Gasteiger partial charge on any atom is -0.375 e. The third-order valence-electron chi connectivity index (χ3n) is 6.88. The topological polar surface area (TPSA) is 118 Å². The van der Waals surface area contributed by atoms with E-state index in [1.807, 2.05) is 35.0 Å². The zero-order valence-electron chi connectivity index (χ0n) is 20.8. The van der Waals surface area contributed by atoms with Crippen LogP contribution in [0.3, 0.4) is 0 Å². The fourth-order valence-electron chi connectivity index (χ4n) is 4.84. The lowest BCUT2D eigenvalue weighted by Gasteiger charge is -2.29. The molecular formula is C27H27N7O2S2. The number of pyridine rings is 1. The van der Waals surface area contributed by atoms with Crippen LogP contribution in [0.5, 0.6) is 0 Å². The summed E-state index contributed by atoms with van der Waals surface area (Å²) in [6.07, 6.45) is 3.60. The van der Waals surface area contributed by atoms with Gasteiger partial charge < -0.3 is 21.3 Å². The predicted molar refractivity (Wildman–Crippen MR) is 152 cm³/mol. The summed E-state index contributed by atoms with van der Waals surface area (Å²) in [5.74, 6) is -0.438. The molecule has 5 aromatic rings. The first-order chi connectivity index (χ1) is 18.5. The SMILES string of the molecule is CN1CCC(NC(=O)c2c(-c3ccsc3)nc3c(C(=O)NCc4ccc5nc(N)sc5c4)cccn23)CC1. The van der Waals surface area contributed by atoms with Crippen LogP contribution in [-0.2, 0) is 6.54 Å². The minimum absolute atomic E-state index is 0.109. The fraction of sp³-hybridized carbons (Fsp3) is 0.259. The number of nitrogens with zero attached hydrogens (tertiary/aromatic N) is 4. The van der Waals surface area contributed by atoms with E-state index in [4.69, 9.17) is 10.7 Å². The summed E-state index contributed by atoms with van der Waals surface area (Å²) in [6.45, 7) is 2.24. The van der Waals surface area contributed by atoms with Crippen molar-refractivity contribution >= 4 is 55.5 Å². The highest BCUT2D eigenvalue weighted by atomic mass is 32.1. The van der Waals surface area contributed by atoms with Gasteiger partial charge in [0, 0.05) is 29.7 Å². The molecule has 0 aliphatic carbocycles. The lowest BCUT2D eigenvalue weighted by molar-refractivity contribution is 0.0909. The number of carbonyl (C=O) groups is 2. The summed E-state index contributed by atoms with van der Waals surface area (Å²) in [5, 5.41) is 10.7. The van der Waals surface area contributed by atoms with Gasteiger partial charge in [-0.15, -0.1) is 0 Å². The van der Waals surface area contributed by atoms with Crippen LogP contribution in [0.1, 0.15) is 39.3 Å². The number of nitrogens with two attached hydrogens (primary N) is 1. The van der Waals surface area contributed by atoms with Crippen LogP contribution in [-0.4, -0.2) is 57.3 Å². The molecule has 1 saturated heterocycles. The monoisotopic (exact) mass is 545 g/mol. The molecule has 0 radical (unpaired) electrons. The molecule has 2 amide bonds. The Balaban J connectivity index is 1.30. The van der Waals surface area contributed by atoms with Crippen LogP contribution in [0.4, 0.5) is 5.13 Å². The summed E-state index contributed by atoms with van der Waals surface area (Å²) >= 11 is 2.96. The van der Waals surface area contributed by atoms with Crippen molar-refractivity contribution in [2.24, 2.45) is 0 Å². The molecule has 0 atom stereocenters. The zero-order chi connectivity index (χ0) is 26.2. The average molecular weight is 546 g/mol. The van der Waals surface area contributed by atoms with E-state index in [2.05, 4.69) is 27.6 Å². The average Bonchev–Trinajstić information content (AvgIpc) is 3.65. The number of hydrogen-bond donors (Lipinski definition) is 3. The smallest absolute Gasteiger partial charge is 0.270 e. The Bertz CT molecular complexity index is 1630. The van der Waals surface area contributed by atoms with Crippen LogP contribution in [0.25, 0.3) is 27.1 Å². The Kier molecular flexibility index (Phi) is 6.56. The van der Waals surface area contributed by atoms with Crippen molar-refractivity contribution in [1.29, 1.82) is 0 Å². The summed E-state index contributed by atoms with van der Waals surface area (Å²) in [4.78, 5) is 38.3. The number of likely N-dealkylation sites (tertiary alicyclic amines) is 1. The molecule has 1 aliphatic rings. The van der Waals surface area contributed by atoms with Gasteiger partial charge in [-0.3, -0.25) is 14.0 Å². The molecule has 6 rings (SSSR count). The molecule has 0 bridgehead atoms. The molecule has 1 fully saturated rings. The Morgan fingerprint density at radius 3 is 2.76 bits per heavy atom. The maximum Gasteiger partial charge on any atom is 0.270 e. The number of aromatic nitrogens is 3. The molecule has 4 N–H and O–H groups in total. The van der Waals surface area contributed by atoms with E-state index in [0.29, 0.717) is 34.3 Å². The number of amides is 2. The second kappa shape index (κ2) is 10.2. The molecule has 0 unspecified atom stereocenters. The normalized spacial score (nSPS) is 14.8. The zero-order valence-corrected chi connectivity index (χ0v) is 22.4. The van der Waals surface area contributed by atoms with E-state index in [-0.39, 0.29) is 17.9 Å². The largest absolute Gasteiger partial charge is 0.375 e. The van der Waals surface area contributed by atoms with Crippen LogP contribution in [0.2, 0.25) is 0 Å². The van der Waals surface area contributed by atoms with Gasteiger partial charge in [0.05, 0.1) is 15.8 Å². The van der Waals surface area contributed by atoms with Gasteiger partial charge in [-0.2, -0.15) is 11.3 Å². The van der Waals surface area contributed by atoms with Crippen molar-refractivity contribution in [1.82, 2.24) is 29.9 Å². The lowest BCUT2D eigenvalue weighted by Crippen LogP contribution is -2.43. The first kappa shape index (κ1) is 24.5. The van der Waals surface area contributed by atoms with Crippen molar-refractivity contribution in [3.63, 3.8) is 0 Å². The van der Waals surface area contributed by atoms with Gasteiger partial charge in [0.15, 0.2) is 10.8 Å². The molecule has 0 spiro atoms. The number of hydrogen-bond acceptors (Lipinski definition) is 8. The summed E-state index contributed by atoms with van der Waals surface area (Å²) < 4.78 is 2.71. The molecule has 4 aromatic heterocycles. The number of fused-ring (bicyclic) bond motifs is 2. The van der Waals surface area contributed by atoms with E-state index in [1.165, 1.54) is 11.3 Å². The van der Waals surface area contributed by atoms with Gasteiger partial charge >= 0.3 is 0 Å². The van der Waals surface area contributed by atoms with E-state index in [9.17, 15) is 9.59 Å². The molecular weight excluding hydrogens is 518 g/mol. The van der Waals surface area contributed by atoms with E-state index < -0.39 is 0 Å². The van der Waals surface area contributed by atoms with Crippen LogP contribution < -0.4 is 16.4 Å². The second-order valence-electron chi connectivity index (χ2n) is 9.52. The number of anilines is 1. The van der Waals surface area contributed by atoms with E-state index >= 15 is 0 Å². The first-order valence-electron chi connectivity index (χ1n) is 12.4. The van der Waals surface area contributed by atoms with E-state index in [1.54, 1.807) is 34.1 Å². The highest BCUT2D eigenvalue weighted by Crippen LogP contribution is 2.29. The summed E-state index contributed by atoms with van der Waals surface area (Å²) in [6, 6.07) is 11.4. The molecule has 38 heavy (non-hydrogen) atoms. The lowest BCUT2D eigenvalue weighted by atomic mass is 10.1. The van der Waals surface area contributed by atoms with Gasteiger partial charge in [-0.05, 0) is 74.3 Å². The third-order valence-corrected chi connectivity index (χ3v) is 8.41. The Labute approximate surface area is 227 Å². The van der Waals surface area contributed by atoms with Gasteiger partial charge in [0.25, 0.3) is 11.8 Å². The highest BCUT2D eigenvalue weighted by molar-refractivity contribution is 7.22. The number of thiophene rings is 1. The number of thiazole rings is 1. The third kappa shape index (κ3) is 4.75. The van der Waals surface area contributed by atoms with Crippen molar-refractivity contribution in [2.45, 2.75) is 25.4 Å². The number of benzene rings is 1. The summed E-state index contributed by atoms with van der Waals surface area (Å²) in [7, 11) is 2.09. The number of nitrogens with one attached hydrogen (secondary N) is 2. The maximum absolute atomic E-state index is 13.6.